The minimum absolute atomic E-state index is 0.0683. The second-order valence-corrected chi connectivity index (χ2v) is 11.4. The average molecular weight is 476 g/mol. The van der Waals surface area contributed by atoms with Gasteiger partial charge in [-0.3, -0.25) is 4.72 Å². The zero-order valence-corrected chi connectivity index (χ0v) is 19.6. The Morgan fingerprint density at radius 3 is 2.35 bits per heavy atom. The quantitative estimate of drug-likeness (QED) is 0.471. The van der Waals surface area contributed by atoms with Gasteiger partial charge in [-0.2, -0.15) is 15.0 Å². The van der Waals surface area contributed by atoms with E-state index in [1.165, 1.54) is 6.07 Å². The number of nitrogens with one attached hydrogen (secondary N) is 2. The zero-order chi connectivity index (χ0) is 23.4. The summed E-state index contributed by atoms with van der Waals surface area (Å²) in [5.74, 6) is -1.52. The number of anilines is 2. The van der Waals surface area contributed by atoms with Crippen molar-refractivity contribution in [2.45, 2.75) is 50.6 Å². The zero-order valence-electron chi connectivity index (χ0n) is 18.0. The van der Waals surface area contributed by atoms with E-state index >= 15 is 0 Å². The molecule has 2 aromatic rings. The predicted octanol–water partition coefficient (Wildman–Crippen LogP) is 3.58. The monoisotopic (exact) mass is 475 g/mol. The van der Waals surface area contributed by atoms with Crippen LogP contribution in [0.2, 0.25) is 0 Å². The Labute approximate surface area is 185 Å². The van der Waals surface area contributed by atoms with Gasteiger partial charge in [-0.05, 0) is 24.8 Å². The van der Waals surface area contributed by atoms with Crippen LogP contribution >= 0.6 is 11.8 Å². The lowest BCUT2D eigenvalue weighted by Gasteiger charge is -2.25. The number of aromatic nitrogens is 3. The highest BCUT2D eigenvalue weighted by Crippen LogP contribution is 2.35. The molecule has 1 aromatic heterocycles. The van der Waals surface area contributed by atoms with E-state index in [9.17, 15) is 22.3 Å². The molecule has 31 heavy (non-hydrogen) atoms. The smallest absolute Gasteiger partial charge is 0.242 e. The van der Waals surface area contributed by atoms with Crippen molar-refractivity contribution in [2.24, 2.45) is 5.41 Å². The Hall–Kier alpha value is -2.05. The Balaban J connectivity index is 2.34. The molecule has 0 fully saturated rings. The number of halogens is 2. The highest BCUT2D eigenvalue weighted by atomic mass is 32.2. The number of thioether (sulfide) groups is 1. The molecule has 8 nitrogen and oxygen atoms in total. The van der Waals surface area contributed by atoms with Gasteiger partial charge in [-0.25, -0.2) is 17.2 Å². The summed E-state index contributed by atoms with van der Waals surface area (Å²) in [5.41, 5.74) is 0.160. The second-order valence-electron chi connectivity index (χ2n) is 8.35. The van der Waals surface area contributed by atoms with E-state index in [4.69, 9.17) is 0 Å². The van der Waals surface area contributed by atoms with Gasteiger partial charge in [0.25, 0.3) is 0 Å². The fourth-order valence-electron chi connectivity index (χ4n) is 2.82. The van der Waals surface area contributed by atoms with Gasteiger partial charge in [0.2, 0.25) is 21.9 Å². The molecule has 0 radical (unpaired) electrons. The predicted molar refractivity (Wildman–Crippen MR) is 117 cm³/mol. The summed E-state index contributed by atoms with van der Waals surface area (Å²) in [7, 11) is -3.66. The van der Waals surface area contributed by atoms with Crippen LogP contribution < -0.4 is 10.0 Å². The van der Waals surface area contributed by atoms with Gasteiger partial charge in [-0.1, -0.05) is 38.6 Å². The van der Waals surface area contributed by atoms with Crippen molar-refractivity contribution in [3.63, 3.8) is 0 Å². The minimum Gasteiger partial charge on any atom is -0.394 e. The first kappa shape index (κ1) is 25.2. The van der Waals surface area contributed by atoms with Crippen molar-refractivity contribution in [2.75, 3.05) is 22.9 Å². The first-order valence-corrected chi connectivity index (χ1v) is 12.3. The summed E-state index contributed by atoms with van der Waals surface area (Å²) in [4.78, 5) is 12.4. The third kappa shape index (κ3) is 8.54. The van der Waals surface area contributed by atoms with Gasteiger partial charge in [0.1, 0.15) is 11.6 Å². The first-order chi connectivity index (χ1) is 14.3. The molecule has 172 valence electrons. The molecular formula is C19H27F2N5O3S2. The van der Waals surface area contributed by atoms with Crippen LogP contribution in [0.15, 0.2) is 23.4 Å². The lowest BCUT2D eigenvalue weighted by Crippen LogP contribution is -2.30. The molecule has 0 amide bonds. The van der Waals surface area contributed by atoms with Crippen LogP contribution in [-0.2, 0) is 10.0 Å². The van der Waals surface area contributed by atoms with E-state index in [1.54, 1.807) is 6.92 Å². The summed E-state index contributed by atoms with van der Waals surface area (Å²) in [6.07, 6.45) is 1.56. The fourth-order valence-corrected chi connectivity index (χ4v) is 4.16. The van der Waals surface area contributed by atoms with Crippen molar-refractivity contribution >= 4 is 33.7 Å². The Morgan fingerprint density at radius 1 is 1.16 bits per heavy atom. The summed E-state index contributed by atoms with van der Waals surface area (Å²) in [6.45, 7) is 7.56. The van der Waals surface area contributed by atoms with Gasteiger partial charge in [-0.15, -0.1) is 0 Å². The van der Waals surface area contributed by atoms with Crippen LogP contribution in [0.5, 0.6) is 0 Å². The number of hydrogen-bond acceptors (Lipinski definition) is 8. The molecule has 0 saturated carbocycles. The molecule has 0 aliphatic rings. The van der Waals surface area contributed by atoms with E-state index in [-0.39, 0.29) is 40.7 Å². The summed E-state index contributed by atoms with van der Waals surface area (Å²) in [5, 5.41) is 12.3. The Kier molecular flexibility index (Phi) is 8.17. The minimum atomic E-state index is -3.66. The lowest BCUT2D eigenvalue weighted by molar-refractivity contribution is 0.233. The number of aliphatic hydroxyl groups excluding tert-OH is 1. The lowest BCUT2D eigenvalue weighted by atomic mass is 9.88. The highest BCUT2D eigenvalue weighted by molar-refractivity contribution is 7.99. The Bertz CT molecular complexity index is 1020. The molecule has 0 saturated heterocycles. The van der Waals surface area contributed by atoms with Gasteiger partial charge < -0.3 is 10.4 Å². The third-order valence-corrected chi connectivity index (χ3v) is 5.54. The van der Waals surface area contributed by atoms with E-state index in [0.29, 0.717) is 6.42 Å². The summed E-state index contributed by atoms with van der Waals surface area (Å²) < 4.78 is 52.8. The van der Waals surface area contributed by atoms with E-state index in [2.05, 4.69) is 25.0 Å². The molecule has 1 heterocycles. The van der Waals surface area contributed by atoms with Crippen LogP contribution in [-0.4, -0.2) is 47.4 Å². The third-order valence-electron chi connectivity index (χ3n) is 3.99. The van der Waals surface area contributed by atoms with Gasteiger partial charge >= 0.3 is 0 Å². The molecule has 3 N–H and O–H groups in total. The van der Waals surface area contributed by atoms with Crippen molar-refractivity contribution in [1.29, 1.82) is 0 Å². The molecule has 0 unspecified atom stereocenters. The molecule has 0 aliphatic heterocycles. The van der Waals surface area contributed by atoms with Crippen LogP contribution in [0.25, 0.3) is 0 Å². The molecule has 2 rings (SSSR count). The van der Waals surface area contributed by atoms with Crippen molar-refractivity contribution in [3.05, 3.63) is 35.4 Å². The normalized spacial score (nSPS) is 14.2. The van der Waals surface area contributed by atoms with Crippen LogP contribution in [0, 0.1) is 17.0 Å². The summed E-state index contributed by atoms with van der Waals surface area (Å²) >= 11 is 1.06. The highest BCUT2D eigenvalue weighted by Gasteiger charge is 2.21. The fraction of sp³-hybridized carbons (Fsp3) is 0.526. The maximum Gasteiger partial charge on any atom is 0.242 e. The van der Waals surface area contributed by atoms with Crippen molar-refractivity contribution in [1.82, 2.24) is 15.0 Å². The average Bonchev–Trinajstić information content (AvgIpc) is 2.58. The molecule has 12 heteroatoms. The van der Waals surface area contributed by atoms with Gasteiger partial charge in [0.05, 0.1) is 18.9 Å². The second kappa shape index (κ2) is 10.0. The van der Waals surface area contributed by atoms with Crippen molar-refractivity contribution in [3.8, 4) is 0 Å². The van der Waals surface area contributed by atoms with Gasteiger partial charge in [0, 0.05) is 16.9 Å². The van der Waals surface area contributed by atoms with Crippen LogP contribution in [0.4, 0.5) is 20.7 Å². The standard InChI is InChI=1S/C19H27F2N5O3S2/c1-11(14-7-6-12(20)8-15(14)21)30-18-24-16(22-13(10-27)9-19(2,3)4)23-17(25-18)26-31(5,28)29/h6-8,11,13,27H,9-10H2,1-5H3,(H2,22,23,24,25,26)/t11-,13+/m0/s1. The van der Waals surface area contributed by atoms with Crippen molar-refractivity contribution < 1.29 is 22.3 Å². The maximum absolute atomic E-state index is 14.1. The molecule has 0 spiro atoms. The largest absolute Gasteiger partial charge is 0.394 e. The molecule has 2 atom stereocenters. The molecule has 0 bridgehead atoms. The van der Waals surface area contributed by atoms with E-state index in [1.807, 2.05) is 20.8 Å². The molecular weight excluding hydrogens is 448 g/mol. The number of sulfonamides is 1. The van der Waals surface area contributed by atoms with Gasteiger partial charge in [0.15, 0.2) is 5.16 Å². The van der Waals surface area contributed by atoms with E-state index in [0.717, 1.165) is 30.2 Å². The number of nitrogens with zero attached hydrogens (tertiary/aromatic N) is 3. The number of rotatable bonds is 9. The topological polar surface area (TPSA) is 117 Å². The van der Waals surface area contributed by atoms with Crippen LogP contribution in [0.1, 0.15) is 44.9 Å². The summed E-state index contributed by atoms with van der Waals surface area (Å²) in [6, 6.07) is 2.91. The first-order valence-electron chi connectivity index (χ1n) is 9.48. The van der Waals surface area contributed by atoms with E-state index < -0.39 is 26.9 Å². The molecule has 1 aromatic carbocycles. The Morgan fingerprint density at radius 2 is 1.81 bits per heavy atom. The molecule has 0 aliphatic carbocycles. The number of benzene rings is 1. The SMILES string of the molecule is C[C@H](Sc1nc(N[C@@H](CO)CC(C)(C)C)nc(NS(C)(=O)=O)n1)c1ccc(F)cc1F. The number of hydrogen-bond donors (Lipinski definition) is 3. The number of aliphatic hydroxyl groups is 1. The van der Waals surface area contributed by atoms with Crippen LogP contribution in [0.3, 0.4) is 0 Å². The maximum atomic E-state index is 14.1.